The molecule has 0 radical (unpaired) electrons. The van der Waals surface area contributed by atoms with Crippen molar-refractivity contribution in [2.24, 2.45) is 0 Å². The van der Waals surface area contributed by atoms with Crippen molar-refractivity contribution in [3.8, 4) is 0 Å². The number of rotatable bonds is 4. The highest BCUT2D eigenvalue weighted by atomic mass is 19.2. The number of benzene rings is 2. The molecule has 0 aliphatic carbocycles. The average molecular weight is 391 g/mol. The van der Waals surface area contributed by atoms with Gasteiger partial charge in [0.1, 0.15) is 11.2 Å². The Morgan fingerprint density at radius 2 is 1.76 bits per heavy atom. The highest BCUT2D eigenvalue weighted by molar-refractivity contribution is 6.05. The van der Waals surface area contributed by atoms with Gasteiger partial charge in [0.05, 0.1) is 6.54 Å². The number of nitrogens with one attached hydrogen (secondary N) is 1. The van der Waals surface area contributed by atoms with Gasteiger partial charge in [-0.25, -0.2) is 13.8 Å². The molecule has 4 aromatic rings. The summed E-state index contributed by atoms with van der Waals surface area (Å²) in [5.41, 5.74) is 0.728. The number of hydrogen-bond donors (Lipinski definition) is 1. The maximum atomic E-state index is 13.4. The first-order chi connectivity index (χ1) is 14.0. The van der Waals surface area contributed by atoms with Crippen LogP contribution in [0.3, 0.4) is 0 Å². The van der Waals surface area contributed by atoms with Gasteiger partial charge in [0.15, 0.2) is 11.6 Å². The third-order valence-corrected chi connectivity index (χ3v) is 4.45. The minimum Gasteiger partial charge on any atom is -0.322 e. The van der Waals surface area contributed by atoms with Crippen molar-refractivity contribution in [1.82, 2.24) is 9.55 Å². The number of pyridine rings is 2. The monoisotopic (exact) mass is 391 g/mol. The zero-order valence-electron chi connectivity index (χ0n) is 15.1. The van der Waals surface area contributed by atoms with E-state index in [2.05, 4.69) is 10.3 Å². The molecule has 0 atom stereocenters. The van der Waals surface area contributed by atoms with E-state index < -0.39 is 23.1 Å². The molecule has 0 saturated carbocycles. The summed E-state index contributed by atoms with van der Waals surface area (Å²) in [6, 6.07) is 17.2. The summed E-state index contributed by atoms with van der Waals surface area (Å²) in [6.07, 6.45) is 1.57. The highest BCUT2D eigenvalue weighted by Crippen LogP contribution is 2.16. The van der Waals surface area contributed by atoms with Gasteiger partial charge in [-0.1, -0.05) is 30.3 Å². The van der Waals surface area contributed by atoms with Crippen molar-refractivity contribution < 1.29 is 13.6 Å². The van der Waals surface area contributed by atoms with Gasteiger partial charge in [0.2, 0.25) is 0 Å². The van der Waals surface area contributed by atoms with E-state index in [1.807, 2.05) is 30.3 Å². The Morgan fingerprint density at radius 1 is 0.966 bits per heavy atom. The van der Waals surface area contributed by atoms with Crippen LogP contribution in [0.2, 0.25) is 0 Å². The maximum absolute atomic E-state index is 13.4. The number of fused-ring (bicyclic) bond motifs is 1. The van der Waals surface area contributed by atoms with Crippen LogP contribution in [0.1, 0.15) is 15.9 Å². The van der Waals surface area contributed by atoms with Gasteiger partial charge in [-0.15, -0.1) is 0 Å². The van der Waals surface area contributed by atoms with E-state index in [0.717, 1.165) is 17.7 Å². The Labute approximate surface area is 164 Å². The second-order valence-electron chi connectivity index (χ2n) is 6.43. The quantitative estimate of drug-likeness (QED) is 0.572. The van der Waals surface area contributed by atoms with E-state index >= 15 is 0 Å². The number of amides is 1. The summed E-state index contributed by atoms with van der Waals surface area (Å²) < 4.78 is 28.0. The Balaban J connectivity index is 1.78. The molecule has 2 aromatic carbocycles. The van der Waals surface area contributed by atoms with Crippen LogP contribution >= 0.6 is 0 Å². The van der Waals surface area contributed by atoms with Crippen molar-refractivity contribution in [3.05, 3.63) is 106 Å². The number of hydrogen-bond acceptors (Lipinski definition) is 3. The second kappa shape index (κ2) is 7.63. The first-order valence-corrected chi connectivity index (χ1v) is 8.82. The number of aromatic nitrogens is 2. The van der Waals surface area contributed by atoms with Gasteiger partial charge in [-0.2, -0.15) is 0 Å². The highest BCUT2D eigenvalue weighted by Gasteiger charge is 2.17. The van der Waals surface area contributed by atoms with Crippen LogP contribution in [-0.4, -0.2) is 15.5 Å². The zero-order valence-corrected chi connectivity index (χ0v) is 15.1. The van der Waals surface area contributed by atoms with E-state index in [0.29, 0.717) is 11.0 Å². The van der Waals surface area contributed by atoms with E-state index in [4.69, 9.17) is 0 Å². The molecule has 29 heavy (non-hydrogen) atoms. The largest absolute Gasteiger partial charge is 0.322 e. The molecule has 2 aromatic heterocycles. The molecule has 1 amide bonds. The Kier molecular flexibility index (Phi) is 4.87. The lowest BCUT2D eigenvalue weighted by atomic mass is 10.1. The Hall–Kier alpha value is -3.87. The summed E-state index contributed by atoms with van der Waals surface area (Å²) in [4.78, 5) is 30.1. The fraction of sp³-hybridized carbons (Fsp3) is 0.0455. The smallest absolute Gasteiger partial charge is 0.265 e. The van der Waals surface area contributed by atoms with E-state index in [1.165, 1.54) is 16.7 Å². The Morgan fingerprint density at radius 3 is 2.52 bits per heavy atom. The van der Waals surface area contributed by atoms with Gasteiger partial charge >= 0.3 is 0 Å². The fourth-order valence-corrected chi connectivity index (χ4v) is 3.05. The average Bonchev–Trinajstić information content (AvgIpc) is 2.73. The van der Waals surface area contributed by atoms with Gasteiger partial charge in [0.25, 0.3) is 11.5 Å². The lowest BCUT2D eigenvalue weighted by Crippen LogP contribution is -2.30. The van der Waals surface area contributed by atoms with Gasteiger partial charge < -0.3 is 5.32 Å². The fourth-order valence-electron chi connectivity index (χ4n) is 3.05. The molecule has 0 bridgehead atoms. The van der Waals surface area contributed by atoms with Crippen LogP contribution in [0, 0.1) is 11.6 Å². The van der Waals surface area contributed by atoms with Crippen molar-refractivity contribution >= 4 is 22.6 Å². The molecule has 0 aliphatic heterocycles. The normalized spacial score (nSPS) is 10.8. The molecule has 4 rings (SSSR count). The molecular weight excluding hydrogens is 376 g/mol. The summed E-state index contributed by atoms with van der Waals surface area (Å²) >= 11 is 0. The lowest BCUT2D eigenvalue weighted by Gasteiger charge is -2.12. The van der Waals surface area contributed by atoms with Crippen LogP contribution < -0.4 is 10.9 Å². The topological polar surface area (TPSA) is 64.0 Å². The van der Waals surface area contributed by atoms with Crippen molar-refractivity contribution in [2.75, 3.05) is 5.32 Å². The predicted octanol–water partition coefficient (Wildman–Crippen LogP) is 3.98. The van der Waals surface area contributed by atoms with Gasteiger partial charge in [-0.05, 0) is 35.9 Å². The standard InChI is InChI=1S/C22H15F2N3O2/c23-18-9-8-16(12-19(18)24)26-21(28)17-11-15-7-4-10-25-20(15)27(22(17)29)13-14-5-2-1-3-6-14/h1-12H,13H2,(H,26,28). The zero-order chi connectivity index (χ0) is 20.4. The molecule has 0 unspecified atom stereocenters. The number of anilines is 1. The SMILES string of the molecule is O=C(Nc1ccc(F)c(F)c1)c1cc2cccnc2n(Cc2ccccc2)c1=O. The molecule has 7 heteroatoms. The number of carbonyl (C=O) groups is 1. The molecule has 144 valence electrons. The summed E-state index contributed by atoms with van der Waals surface area (Å²) in [6.45, 7) is 0.236. The lowest BCUT2D eigenvalue weighted by molar-refractivity contribution is 0.102. The molecule has 5 nitrogen and oxygen atoms in total. The third-order valence-electron chi connectivity index (χ3n) is 4.45. The molecule has 0 fully saturated rings. The molecular formula is C22H15F2N3O2. The van der Waals surface area contributed by atoms with Crippen molar-refractivity contribution in [1.29, 1.82) is 0 Å². The minimum absolute atomic E-state index is 0.0502. The van der Waals surface area contributed by atoms with E-state index in [9.17, 15) is 18.4 Å². The van der Waals surface area contributed by atoms with Crippen LogP contribution in [0.4, 0.5) is 14.5 Å². The summed E-state index contributed by atoms with van der Waals surface area (Å²) in [5.74, 6) is -2.83. The maximum Gasteiger partial charge on any atom is 0.265 e. The van der Waals surface area contributed by atoms with Crippen molar-refractivity contribution in [3.63, 3.8) is 0 Å². The predicted molar refractivity (Wildman–Crippen MR) is 106 cm³/mol. The Bertz CT molecular complexity index is 1270. The molecule has 1 N–H and O–H groups in total. The van der Waals surface area contributed by atoms with Gasteiger partial charge in [0, 0.05) is 23.3 Å². The molecule has 0 saturated heterocycles. The number of nitrogens with zero attached hydrogens (tertiary/aromatic N) is 2. The second-order valence-corrected chi connectivity index (χ2v) is 6.43. The van der Waals surface area contributed by atoms with E-state index in [1.54, 1.807) is 18.3 Å². The molecule has 2 heterocycles. The van der Waals surface area contributed by atoms with Gasteiger partial charge in [-0.3, -0.25) is 14.2 Å². The summed E-state index contributed by atoms with van der Waals surface area (Å²) in [7, 11) is 0. The molecule has 0 aliphatic rings. The van der Waals surface area contributed by atoms with Crippen LogP contribution in [-0.2, 0) is 6.54 Å². The summed E-state index contributed by atoms with van der Waals surface area (Å²) in [5, 5.41) is 3.05. The van der Waals surface area contributed by atoms with Crippen molar-refractivity contribution in [2.45, 2.75) is 6.54 Å². The molecule has 0 spiro atoms. The van der Waals surface area contributed by atoms with Crippen LogP contribution in [0.15, 0.2) is 77.7 Å². The number of halogens is 2. The third kappa shape index (κ3) is 3.75. The first kappa shape index (κ1) is 18.5. The van der Waals surface area contributed by atoms with Crippen LogP contribution in [0.25, 0.3) is 11.0 Å². The van der Waals surface area contributed by atoms with Crippen LogP contribution in [0.5, 0.6) is 0 Å². The number of carbonyl (C=O) groups excluding carboxylic acids is 1. The minimum atomic E-state index is -1.09. The first-order valence-electron chi connectivity index (χ1n) is 8.82. The van der Waals surface area contributed by atoms with E-state index in [-0.39, 0.29) is 17.8 Å².